The van der Waals surface area contributed by atoms with Gasteiger partial charge >= 0.3 is 12.0 Å². The summed E-state index contributed by atoms with van der Waals surface area (Å²) in [5.74, 6) is 2.03. The molecule has 0 saturated heterocycles. The normalized spacial score (nSPS) is 13.2. The van der Waals surface area contributed by atoms with E-state index in [2.05, 4.69) is 15.0 Å². The molecule has 1 aromatic carbocycles. The fraction of sp³-hybridized carbons (Fsp3) is 0.286. The fourth-order valence-electron chi connectivity index (χ4n) is 2.09. The van der Waals surface area contributed by atoms with E-state index in [4.69, 9.17) is 9.47 Å². The Morgan fingerprint density at radius 1 is 1.20 bits per heavy atom. The van der Waals surface area contributed by atoms with Crippen molar-refractivity contribution in [2.45, 2.75) is 13.8 Å². The molecule has 0 amide bonds. The molecular formula is C14H15N4O2+. The molecular weight excluding hydrogens is 256 g/mol. The van der Waals surface area contributed by atoms with Crippen molar-refractivity contribution in [1.29, 1.82) is 0 Å². The number of para-hydroxylation sites is 1. The minimum Gasteiger partial charge on any atom is -0.459 e. The summed E-state index contributed by atoms with van der Waals surface area (Å²) < 4.78 is 12.7. The van der Waals surface area contributed by atoms with Gasteiger partial charge in [0.05, 0.1) is 13.3 Å². The maximum Gasteiger partial charge on any atom is 0.442 e. The fourth-order valence-corrected chi connectivity index (χ4v) is 2.09. The molecule has 1 aromatic heterocycles. The summed E-state index contributed by atoms with van der Waals surface area (Å²) in [5, 5.41) is 0. The number of hydrogen-bond acceptors (Lipinski definition) is 5. The van der Waals surface area contributed by atoms with Gasteiger partial charge in [0.15, 0.2) is 0 Å². The Hall–Kier alpha value is -2.50. The monoisotopic (exact) mass is 271 g/mol. The van der Waals surface area contributed by atoms with Crippen molar-refractivity contribution >= 4 is 12.2 Å². The van der Waals surface area contributed by atoms with Crippen molar-refractivity contribution in [3.8, 4) is 11.8 Å². The van der Waals surface area contributed by atoms with Gasteiger partial charge in [0.1, 0.15) is 5.75 Å². The summed E-state index contributed by atoms with van der Waals surface area (Å²) in [7, 11) is 1.54. The van der Waals surface area contributed by atoms with Gasteiger partial charge in [0, 0.05) is 12.5 Å². The zero-order chi connectivity index (χ0) is 14.1. The van der Waals surface area contributed by atoms with Crippen molar-refractivity contribution in [3.63, 3.8) is 0 Å². The molecule has 0 atom stereocenters. The van der Waals surface area contributed by atoms with Crippen LogP contribution in [0.25, 0.3) is 0 Å². The highest BCUT2D eigenvalue weighted by atomic mass is 16.5. The molecule has 1 aliphatic rings. The van der Waals surface area contributed by atoms with E-state index >= 15 is 0 Å². The summed E-state index contributed by atoms with van der Waals surface area (Å²) in [6, 6.07) is 6.32. The van der Waals surface area contributed by atoms with Crippen molar-refractivity contribution in [1.82, 2.24) is 15.0 Å². The molecule has 0 fully saturated rings. The highest BCUT2D eigenvalue weighted by molar-refractivity contribution is 5.82. The first-order chi connectivity index (χ1) is 9.67. The lowest BCUT2D eigenvalue weighted by Crippen LogP contribution is -2.23. The van der Waals surface area contributed by atoms with Crippen molar-refractivity contribution < 1.29 is 14.0 Å². The standard InChI is InChI=1S/C14H15N4O2/c1-9-5-4-6-11-7-18(8-20-12(9)11)13-15-10(2)16-14(17-13)19-3/h4-7H,8H2,1-3H3/q+1. The summed E-state index contributed by atoms with van der Waals surface area (Å²) >= 11 is 0. The van der Waals surface area contributed by atoms with E-state index in [0.717, 1.165) is 16.9 Å². The largest absolute Gasteiger partial charge is 0.459 e. The van der Waals surface area contributed by atoms with Crippen molar-refractivity contribution in [2.75, 3.05) is 13.8 Å². The summed E-state index contributed by atoms with van der Waals surface area (Å²) in [6.45, 7) is 4.19. The molecule has 0 aliphatic carbocycles. The maximum atomic E-state index is 5.79. The Kier molecular flexibility index (Phi) is 3.06. The summed E-state index contributed by atoms with van der Waals surface area (Å²) in [5.41, 5.74) is 2.12. The molecule has 0 saturated carbocycles. The number of rotatable bonds is 2. The minimum absolute atomic E-state index is 0.302. The highest BCUT2D eigenvalue weighted by Gasteiger charge is 2.22. The number of aromatic nitrogens is 3. The highest BCUT2D eigenvalue weighted by Crippen LogP contribution is 2.25. The zero-order valence-corrected chi connectivity index (χ0v) is 11.6. The van der Waals surface area contributed by atoms with Crippen molar-refractivity contribution in [3.05, 3.63) is 35.2 Å². The van der Waals surface area contributed by atoms with Crippen LogP contribution in [0.5, 0.6) is 11.8 Å². The summed E-state index contributed by atoms with van der Waals surface area (Å²) in [6.07, 6.45) is 1.97. The Bertz CT molecular complexity index is 698. The van der Waals surface area contributed by atoms with Crippen LogP contribution < -0.4 is 9.47 Å². The predicted octanol–water partition coefficient (Wildman–Crippen LogP) is 1.61. The number of ether oxygens (including phenoxy) is 2. The third-order valence-electron chi connectivity index (χ3n) is 3.04. The molecule has 1 aliphatic heterocycles. The van der Waals surface area contributed by atoms with Gasteiger partial charge in [-0.25, -0.2) is 0 Å². The molecule has 102 valence electrons. The Morgan fingerprint density at radius 3 is 2.85 bits per heavy atom. The van der Waals surface area contributed by atoms with Gasteiger partial charge in [0.25, 0.3) is 0 Å². The van der Waals surface area contributed by atoms with E-state index in [0.29, 0.717) is 24.5 Å². The van der Waals surface area contributed by atoms with Crippen LogP contribution in [0.15, 0.2) is 18.2 Å². The number of fused-ring (bicyclic) bond motifs is 1. The molecule has 3 rings (SSSR count). The van der Waals surface area contributed by atoms with Crippen molar-refractivity contribution in [2.24, 2.45) is 0 Å². The van der Waals surface area contributed by atoms with Crippen LogP contribution in [-0.2, 0) is 0 Å². The van der Waals surface area contributed by atoms with Gasteiger partial charge in [-0.3, -0.25) is 0 Å². The van der Waals surface area contributed by atoms with E-state index in [1.54, 1.807) is 6.92 Å². The van der Waals surface area contributed by atoms with Crippen LogP contribution >= 0.6 is 0 Å². The van der Waals surface area contributed by atoms with E-state index in [1.165, 1.54) is 7.11 Å². The van der Waals surface area contributed by atoms with E-state index < -0.39 is 0 Å². The van der Waals surface area contributed by atoms with Gasteiger partial charge < -0.3 is 9.47 Å². The number of methoxy groups -OCH3 is 1. The van der Waals surface area contributed by atoms with E-state index in [-0.39, 0.29) is 0 Å². The molecule has 0 spiro atoms. The third kappa shape index (κ3) is 2.20. The molecule has 6 heteroatoms. The quantitative estimate of drug-likeness (QED) is 0.777. The lowest BCUT2D eigenvalue weighted by molar-refractivity contribution is -0.483. The molecule has 6 nitrogen and oxygen atoms in total. The first-order valence-electron chi connectivity index (χ1n) is 6.28. The van der Waals surface area contributed by atoms with Gasteiger partial charge in [-0.05, 0) is 23.5 Å². The second-order valence-corrected chi connectivity index (χ2v) is 4.53. The Morgan fingerprint density at radius 2 is 2.05 bits per heavy atom. The van der Waals surface area contributed by atoms with Gasteiger partial charge in [-0.15, -0.1) is 4.98 Å². The molecule has 0 N–H and O–H groups in total. The second kappa shape index (κ2) is 4.88. The zero-order valence-electron chi connectivity index (χ0n) is 11.6. The van der Waals surface area contributed by atoms with Crippen LogP contribution in [0.1, 0.15) is 17.0 Å². The molecule has 0 radical (unpaired) electrons. The second-order valence-electron chi connectivity index (χ2n) is 4.53. The molecule has 0 bridgehead atoms. The average Bonchev–Trinajstić information content (AvgIpc) is 2.46. The number of benzene rings is 1. The Balaban J connectivity index is 2.06. The van der Waals surface area contributed by atoms with Gasteiger partial charge in [-0.2, -0.15) is 4.58 Å². The molecule has 2 aromatic rings. The average molecular weight is 271 g/mol. The van der Waals surface area contributed by atoms with Crippen LogP contribution in [-0.4, -0.2) is 39.6 Å². The van der Waals surface area contributed by atoms with Crippen LogP contribution in [0.4, 0.5) is 5.95 Å². The molecule has 20 heavy (non-hydrogen) atoms. The molecule has 0 unspecified atom stereocenters. The lowest BCUT2D eigenvalue weighted by atomic mass is 10.1. The SMILES string of the molecule is COc1nc(C)nc([N+]2=Cc3cccc(C)c3OC2)n1. The van der Waals surface area contributed by atoms with Crippen LogP contribution in [0, 0.1) is 13.8 Å². The molecule has 2 heterocycles. The van der Waals surface area contributed by atoms with Crippen LogP contribution in [0.2, 0.25) is 0 Å². The predicted molar refractivity (Wildman–Crippen MR) is 72.9 cm³/mol. The van der Waals surface area contributed by atoms with E-state index in [9.17, 15) is 0 Å². The van der Waals surface area contributed by atoms with E-state index in [1.807, 2.05) is 35.9 Å². The topological polar surface area (TPSA) is 60.1 Å². The smallest absolute Gasteiger partial charge is 0.442 e. The number of hydrogen-bond donors (Lipinski definition) is 0. The maximum absolute atomic E-state index is 5.79. The third-order valence-corrected chi connectivity index (χ3v) is 3.04. The first-order valence-corrected chi connectivity index (χ1v) is 6.28. The lowest BCUT2D eigenvalue weighted by Gasteiger charge is -2.17. The minimum atomic E-state index is 0.302. The van der Waals surface area contributed by atoms with Crippen LogP contribution in [0.3, 0.4) is 0 Å². The van der Waals surface area contributed by atoms with Gasteiger partial charge in [-0.1, -0.05) is 17.1 Å². The number of aryl methyl sites for hydroxylation is 2. The summed E-state index contributed by atoms with van der Waals surface area (Å²) in [4.78, 5) is 12.6. The number of nitrogens with zero attached hydrogens (tertiary/aromatic N) is 4. The first kappa shape index (κ1) is 12.5. The Labute approximate surface area is 116 Å². The van der Waals surface area contributed by atoms with Gasteiger partial charge in [0.2, 0.25) is 12.6 Å².